The van der Waals surface area contributed by atoms with Crippen LogP contribution in [-0.2, 0) is 14.2 Å². The Morgan fingerprint density at radius 1 is 1.22 bits per heavy atom. The summed E-state index contributed by atoms with van der Waals surface area (Å²) < 4.78 is 15.6. The molecule has 1 rings (SSSR count). The van der Waals surface area contributed by atoms with E-state index >= 15 is 0 Å². The van der Waals surface area contributed by atoms with Gasteiger partial charge in [-0.3, -0.25) is 4.79 Å². The number of nitrogens with one attached hydrogen (secondary N) is 1. The third-order valence-corrected chi connectivity index (χ3v) is 3.46. The first-order valence-electron chi connectivity index (χ1n) is 8.07. The highest BCUT2D eigenvalue weighted by atomic mass is 16.5. The lowest BCUT2D eigenvalue weighted by Crippen LogP contribution is -2.15. The summed E-state index contributed by atoms with van der Waals surface area (Å²) in [6.45, 7) is 7.42. The van der Waals surface area contributed by atoms with Crippen LogP contribution in [0.2, 0.25) is 0 Å². The molecule has 6 nitrogen and oxygen atoms in total. The fraction of sp³-hybridized carbons (Fsp3) is 0.647. The minimum atomic E-state index is 0.0340. The van der Waals surface area contributed by atoms with Crippen LogP contribution in [0.15, 0.2) is 18.3 Å². The molecule has 1 unspecified atom stereocenters. The van der Waals surface area contributed by atoms with Crippen molar-refractivity contribution in [3.05, 3.63) is 23.9 Å². The molecule has 0 fully saturated rings. The Hall–Kier alpha value is -1.50. The fourth-order valence-corrected chi connectivity index (χ4v) is 1.87. The number of methoxy groups -OCH3 is 1. The molecule has 0 saturated heterocycles. The van der Waals surface area contributed by atoms with Crippen LogP contribution in [0.25, 0.3) is 0 Å². The van der Waals surface area contributed by atoms with Gasteiger partial charge in [0.15, 0.2) is 5.78 Å². The van der Waals surface area contributed by atoms with E-state index in [0.29, 0.717) is 51.0 Å². The van der Waals surface area contributed by atoms with Gasteiger partial charge >= 0.3 is 0 Å². The van der Waals surface area contributed by atoms with Crippen molar-refractivity contribution >= 4 is 11.6 Å². The number of carbonyl (C=O) groups is 1. The molecule has 1 aromatic heterocycles. The molecular weight excluding hydrogens is 296 g/mol. The van der Waals surface area contributed by atoms with Gasteiger partial charge in [-0.05, 0) is 18.6 Å². The molecule has 0 aliphatic rings. The second-order valence-corrected chi connectivity index (χ2v) is 5.25. The van der Waals surface area contributed by atoms with Crippen molar-refractivity contribution in [3.63, 3.8) is 0 Å². The zero-order chi connectivity index (χ0) is 16.9. The van der Waals surface area contributed by atoms with E-state index in [9.17, 15) is 4.79 Å². The van der Waals surface area contributed by atoms with Gasteiger partial charge in [-0.25, -0.2) is 4.98 Å². The Morgan fingerprint density at radius 3 is 2.61 bits per heavy atom. The van der Waals surface area contributed by atoms with E-state index < -0.39 is 0 Å². The second-order valence-electron chi connectivity index (χ2n) is 5.25. The predicted molar refractivity (Wildman–Crippen MR) is 90.0 cm³/mol. The molecule has 0 aliphatic heterocycles. The molecule has 23 heavy (non-hydrogen) atoms. The molecule has 6 heteroatoms. The van der Waals surface area contributed by atoms with Crippen LogP contribution in [0.3, 0.4) is 0 Å². The van der Waals surface area contributed by atoms with Gasteiger partial charge in [-0.15, -0.1) is 0 Å². The number of hydrogen-bond acceptors (Lipinski definition) is 6. The number of ether oxygens (including phenoxy) is 3. The minimum absolute atomic E-state index is 0.0340. The number of hydrogen-bond donors (Lipinski definition) is 1. The van der Waals surface area contributed by atoms with Crippen LogP contribution in [0, 0.1) is 5.92 Å². The van der Waals surface area contributed by atoms with Crippen LogP contribution in [0.1, 0.15) is 30.6 Å². The molecule has 0 saturated carbocycles. The van der Waals surface area contributed by atoms with E-state index in [1.165, 1.54) is 0 Å². The Kier molecular flexibility index (Phi) is 10.2. The third kappa shape index (κ3) is 8.06. The van der Waals surface area contributed by atoms with E-state index in [1.54, 1.807) is 25.4 Å². The van der Waals surface area contributed by atoms with Crippen molar-refractivity contribution in [1.82, 2.24) is 4.98 Å². The second kappa shape index (κ2) is 12.0. The summed E-state index contributed by atoms with van der Waals surface area (Å²) in [7, 11) is 1.64. The standard InChI is InChI=1S/C17H28N2O4/c1-4-14(2)17(20)15-5-6-18-16(13-15)19-7-8-22-11-12-23-10-9-21-3/h5-6,13-14H,4,7-12H2,1-3H3,(H,18,19). The van der Waals surface area contributed by atoms with Crippen LogP contribution >= 0.6 is 0 Å². The highest BCUT2D eigenvalue weighted by Crippen LogP contribution is 2.14. The van der Waals surface area contributed by atoms with E-state index in [2.05, 4.69) is 10.3 Å². The summed E-state index contributed by atoms with van der Waals surface area (Å²) in [5, 5.41) is 3.16. The molecule has 1 atom stereocenters. The van der Waals surface area contributed by atoms with Crippen LogP contribution in [0.4, 0.5) is 5.82 Å². The first-order chi connectivity index (χ1) is 11.2. The monoisotopic (exact) mass is 324 g/mol. The van der Waals surface area contributed by atoms with Gasteiger partial charge < -0.3 is 19.5 Å². The smallest absolute Gasteiger partial charge is 0.165 e. The van der Waals surface area contributed by atoms with Crippen molar-refractivity contribution in [2.24, 2.45) is 5.92 Å². The largest absolute Gasteiger partial charge is 0.382 e. The molecule has 0 aromatic carbocycles. The predicted octanol–water partition coefficient (Wildman–Crippen LogP) is 2.40. The number of rotatable bonds is 13. The molecular formula is C17H28N2O4. The van der Waals surface area contributed by atoms with Gasteiger partial charge in [0.2, 0.25) is 0 Å². The zero-order valence-electron chi connectivity index (χ0n) is 14.3. The van der Waals surface area contributed by atoms with Gasteiger partial charge in [-0.1, -0.05) is 13.8 Å². The van der Waals surface area contributed by atoms with E-state index in [0.717, 1.165) is 6.42 Å². The molecule has 0 amide bonds. The van der Waals surface area contributed by atoms with Crippen LogP contribution in [0.5, 0.6) is 0 Å². The lowest BCUT2D eigenvalue weighted by molar-refractivity contribution is 0.0272. The van der Waals surface area contributed by atoms with E-state index in [1.807, 2.05) is 13.8 Å². The number of aromatic nitrogens is 1. The Morgan fingerprint density at radius 2 is 1.91 bits per heavy atom. The zero-order valence-corrected chi connectivity index (χ0v) is 14.3. The van der Waals surface area contributed by atoms with Crippen molar-refractivity contribution < 1.29 is 19.0 Å². The van der Waals surface area contributed by atoms with Crippen LogP contribution < -0.4 is 5.32 Å². The molecule has 0 aliphatic carbocycles. The topological polar surface area (TPSA) is 69.7 Å². The number of ketones is 1. The number of anilines is 1. The quantitative estimate of drug-likeness (QED) is 0.444. The average molecular weight is 324 g/mol. The third-order valence-electron chi connectivity index (χ3n) is 3.46. The Labute approximate surface area is 138 Å². The number of nitrogens with zero attached hydrogens (tertiary/aromatic N) is 1. The molecule has 1 heterocycles. The van der Waals surface area contributed by atoms with Gasteiger partial charge in [0.05, 0.1) is 33.0 Å². The van der Waals surface area contributed by atoms with E-state index in [4.69, 9.17) is 14.2 Å². The molecule has 1 N–H and O–H groups in total. The molecule has 0 radical (unpaired) electrons. The highest BCUT2D eigenvalue weighted by Gasteiger charge is 2.13. The lowest BCUT2D eigenvalue weighted by Gasteiger charge is -2.10. The lowest BCUT2D eigenvalue weighted by atomic mass is 9.98. The van der Waals surface area contributed by atoms with Gasteiger partial charge in [0.25, 0.3) is 0 Å². The number of carbonyl (C=O) groups excluding carboxylic acids is 1. The van der Waals surface area contributed by atoms with Crippen molar-refractivity contribution in [2.45, 2.75) is 20.3 Å². The molecule has 0 spiro atoms. The van der Waals surface area contributed by atoms with Gasteiger partial charge in [-0.2, -0.15) is 0 Å². The maximum absolute atomic E-state index is 12.1. The van der Waals surface area contributed by atoms with Crippen LogP contribution in [-0.4, -0.2) is 57.5 Å². The first kappa shape index (κ1) is 19.5. The van der Waals surface area contributed by atoms with Crippen molar-refractivity contribution in [1.29, 1.82) is 0 Å². The maximum Gasteiger partial charge on any atom is 0.165 e. The summed E-state index contributed by atoms with van der Waals surface area (Å²) in [6, 6.07) is 3.55. The van der Waals surface area contributed by atoms with Gasteiger partial charge in [0, 0.05) is 31.3 Å². The van der Waals surface area contributed by atoms with Crippen molar-refractivity contribution in [2.75, 3.05) is 52.0 Å². The molecule has 130 valence electrons. The number of pyridine rings is 1. The number of Topliss-reactive ketones (excluding diaryl/α,β-unsaturated/α-hetero) is 1. The normalized spacial score (nSPS) is 12.1. The summed E-state index contributed by atoms with van der Waals surface area (Å²) in [6.07, 6.45) is 2.49. The first-order valence-corrected chi connectivity index (χ1v) is 8.07. The highest BCUT2D eigenvalue weighted by molar-refractivity contribution is 5.98. The maximum atomic E-state index is 12.1. The SMILES string of the molecule is CCC(C)C(=O)c1ccnc(NCCOCCOCCOC)c1. The summed E-state index contributed by atoms with van der Waals surface area (Å²) >= 11 is 0. The summed E-state index contributed by atoms with van der Waals surface area (Å²) in [5.74, 6) is 0.883. The van der Waals surface area contributed by atoms with E-state index in [-0.39, 0.29) is 11.7 Å². The minimum Gasteiger partial charge on any atom is -0.382 e. The van der Waals surface area contributed by atoms with Crippen molar-refractivity contribution in [3.8, 4) is 0 Å². The Balaban J connectivity index is 2.21. The summed E-state index contributed by atoms with van der Waals surface area (Å²) in [5.41, 5.74) is 0.698. The average Bonchev–Trinajstić information content (AvgIpc) is 2.59. The summed E-state index contributed by atoms with van der Waals surface area (Å²) in [4.78, 5) is 16.4. The molecule has 0 bridgehead atoms. The van der Waals surface area contributed by atoms with Gasteiger partial charge in [0.1, 0.15) is 5.82 Å². The molecule has 1 aromatic rings. The fourth-order valence-electron chi connectivity index (χ4n) is 1.87. The Bertz CT molecular complexity index is 454.